The van der Waals surface area contributed by atoms with Gasteiger partial charge in [-0.3, -0.25) is 0 Å². The first kappa shape index (κ1) is 40.7. The minimum atomic E-state index is -1.83. The summed E-state index contributed by atoms with van der Waals surface area (Å²) in [5.41, 5.74) is 0. The average Bonchev–Trinajstić information content (AvgIpc) is 0.811. The van der Waals surface area contributed by atoms with E-state index in [-0.39, 0.29) is 122 Å². The Kier molecular flexibility index (Phi) is 139. The van der Waals surface area contributed by atoms with Crippen LogP contribution in [-0.4, -0.2) is 77.2 Å². The van der Waals surface area contributed by atoms with Crippen LogP contribution < -0.4 is 29.6 Å². The van der Waals surface area contributed by atoms with Gasteiger partial charge in [-0.1, -0.05) is 0 Å². The van der Waals surface area contributed by atoms with Crippen LogP contribution in [0.4, 0.5) is 4.79 Å². The number of rotatable bonds is 0. The molecule has 0 atom stereocenters. The summed E-state index contributed by atoms with van der Waals surface area (Å²) in [7, 11) is 0. The van der Waals surface area contributed by atoms with E-state index in [9.17, 15) is 0 Å². The Bertz CT molecular complexity index is 58.0. The van der Waals surface area contributed by atoms with E-state index in [4.69, 9.17) is 15.0 Å². The van der Waals surface area contributed by atoms with Crippen molar-refractivity contribution in [2.75, 3.05) is 0 Å². The molecule has 0 amide bonds. The predicted octanol–water partition coefficient (Wildman–Crippen LogP) is -2.13. The minimum Gasteiger partial charge on any atom is -1.00 e. The van der Waals surface area contributed by atoms with E-state index in [0.29, 0.717) is 0 Å². The summed E-state index contributed by atoms with van der Waals surface area (Å²) in [6.45, 7) is 0. The van der Waals surface area contributed by atoms with Crippen molar-refractivity contribution in [2.45, 2.75) is 0 Å². The second-order valence-corrected chi connectivity index (χ2v) is 0.283. The molecule has 0 aromatic heterocycles. The Balaban J connectivity index is -0.000000001000. The van der Waals surface area contributed by atoms with Gasteiger partial charge >= 0.3 is 96.5 Å². The van der Waals surface area contributed by atoms with Crippen molar-refractivity contribution in [2.24, 2.45) is 0 Å². The molecule has 0 heterocycles. The molecule has 0 aromatic rings. The molecule has 3 nitrogen and oxygen atoms in total. The number of carboxylic acid groups (broad SMARTS) is 2. The van der Waals surface area contributed by atoms with E-state index in [2.05, 4.69) is 0 Å². The molecule has 0 rings (SSSR count). The number of halogens is 2. The van der Waals surface area contributed by atoms with Gasteiger partial charge in [0.25, 0.3) is 0 Å². The van der Waals surface area contributed by atoms with E-state index in [1.807, 2.05) is 0 Å². The first-order valence-electron chi connectivity index (χ1n) is 0.651. The van der Waals surface area contributed by atoms with Gasteiger partial charge in [-0.05, 0) is 0 Å². The second-order valence-electron chi connectivity index (χ2n) is 0.283. The molecule has 0 saturated heterocycles. The summed E-state index contributed by atoms with van der Waals surface area (Å²) in [4.78, 5) is 8.56. The topological polar surface area (TPSA) is 57.5 Å². The summed E-state index contributed by atoms with van der Waals surface area (Å²) in [6, 6.07) is 0. The van der Waals surface area contributed by atoms with E-state index < -0.39 is 6.16 Å². The van der Waals surface area contributed by atoms with Crippen molar-refractivity contribution in [1.29, 1.82) is 0 Å². The normalized spacial score (nSPS) is 2.67. The molecule has 0 aliphatic heterocycles. The zero-order chi connectivity index (χ0) is 3.58. The first-order chi connectivity index (χ1) is 1.73. The molecule has 0 bridgehead atoms. The van der Waals surface area contributed by atoms with Crippen molar-refractivity contribution >= 4 is 91.8 Å². The van der Waals surface area contributed by atoms with Crippen LogP contribution in [0.1, 0.15) is 7.13 Å². The van der Waals surface area contributed by atoms with Gasteiger partial charge in [0.15, 0.2) is 0 Å². The van der Waals surface area contributed by atoms with Crippen LogP contribution in [0, 0.1) is 0 Å². The maximum atomic E-state index is 8.56. The van der Waals surface area contributed by atoms with Gasteiger partial charge in [0.1, 0.15) is 0 Å². The monoisotopic (exact) mass is 226 g/mol. The van der Waals surface area contributed by atoms with Crippen molar-refractivity contribution in [3.8, 4) is 0 Å². The Labute approximate surface area is 141 Å². The molecule has 0 aliphatic carbocycles. The molecule has 0 aromatic carbocycles. The van der Waals surface area contributed by atoms with Crippen LogP contribution in [-0.2, 0) is 0 Å². The molecule has 0 aliphatic rings. The van der Waals surface area contributed by atoms with E-state index in [0.717, 1.165) is 0 Å². The molecule has 0 unspecified atom stereocenters. The predicted molar refractivity (Wildman–Crippen MR) is 42.2 cm³/mol. The Hall–Kier alpha value is 2.88. The summed E-state index contributed by atoms with van der Waals surface area (Å²) in [5.74, 6) is 0. The van der Waals surface area contributed by atoms with Crippen LogP contribution in [0.2, 0.25) is 0 Å². The molecule has 0 fully saturated rings. The third-order valence-electron chi connectivity index (χ3n) is 0. The maximum Gasteiger partial charge on any atom is 2.00 e. The summed E-state index contributed by atoms with van der Waals surface area (Å²) >= 11 is 0. The average molecular weight is 227 g/mol. The van der Waals surface area contributed by atoms with Gasteiger partial charge in [0.05, 0.1) is 0 Å². The molecule has 50 valence electrons. The van der Waals surface area contributed by atoms with Crippen molar-refractivity contribution in [3.63, 3.8) is 0 Å². The van der Waals surface area contributed by atoms with Gasteiger partial charge in [-0.15, -0.1) is 24.8 Å². The van der Waals surface area contributed by atoms with Crippen LogP contribution in [0.5, 0.6) is 0 Å². The first-order valence-corrected chi connectivity index (χ1v) is 0.651. The largest absolute Gasteiger partial charge is 2.00 e. The fourth-order valence-electron chi connectivity index (χ4n) is 0. The van der Waals surface area contributed by atoms with Crippen LogP contribution in [0.25, 0.3) is 0 Å². The fourth-order valence-corrected chi connectivity index (χ4v) is 0. The fraction of sp³-hybridized carbons (Fsp3) is 0. The zero-order valence-electron chi connectivity index (χ0n) is 10.0. The van der Waals surface area contributed by atoms with Gasteiger partial charge in [-0.2, -0.15) is 0 Å². The van der Waals surface area contributed by atoms with Crippen LogP contribution >= 0.6 is 24.8 Å². The molecular weight excluding hydrogens is 218 g/mol. The minimum absolute atomic E-state index is 0. The third-order valence-corrected chi connectivity index (χ3v) is 0. The maximum absolute atomic E-state index is 8.56. The van der Waals surface area contributed by atoms with Crippen molar-refractivity contribution in [3.05, 3.63) is 0 Å². The molecule has 8 heteroatoms. The van der Waals surface area contributed by atoms with Crippen LogP contribution in [0.15, 0.2) is 0 Å². The van der Waals surface area contributed by atoms with Gasteiger partial charge in [0, 0.05) is 0 Å². The zero-order valence-corrected chi connectivity index (χ0v) is 12.3. The molecule has 0 spiro atoms. The number of carbonyl (C=O) groups is 1. The SMILES string of the molecule is Cl.Cl.O=C(O)O.[Ca+2].[H-].[H-].[H-].[H-].[H-].[Mg+2].[Na+]. The Morgan fingerprint density at radius 3 is 1.22 bits per heavy atom. The summed E-state index contributed by atoms with van der Waals surface area (Å²) < 4.78 is 0. The van der Waals surface area contributed by atoms with Crippen molar-refractivity contribution < 1.29 is 51.7 Å². The molecule has 0 saturated carbocycles. The molecule has 2 N–H and O–H groups in total. The van der Waals surface area contributed by atoms with Crippen LogP contribution in [0.3, 0.4) is 0 Å². The Morgan fingerprint density at radius 1 is 1.22 bits per heavy atom. The standard InChI is InChI=1S/CH2O3.Ca.2ClH.Mg.Na.5H/c2-1(3)4;;;;;;;;;;/h(H2,2,3,4);;2*1H;;;;;;;/q;+2;;;+2;+1;5*-1. The van der Waals surface area contributed by atoms with Gasteiger partial charge in [0.2, 0.25) is 0 Å². The molecule has 0 radical (unpaired) electrons. The van der Waals surface area contributed by atoms with Gasteiger partial charge < -0.3 is 17.3 Å². The molecule has 9 heavy (non-hydrogen) atoms. The van der Waals surface area contributed by atoms with E-state index in [1.54, 1.807) is 0 Å². The van der Waals surface area contributed by atoms with E-state index >= 15 is 0 Å². The summed E-state index contributed by atoms with van der Waals surface area (Å²) in [6.07, 6.45) is -1.83. The van der Waals surface area contributed by atoms with Crippen molar-refractivity contribution in [1.82, 2.24) is 0 Å². The number of hydrogen-bond donors (Lipinski definition) is 2. The second kappa shape index (κ2) is 30.7. The molecular formula is CH9CaCl2MgNaO3. The smallest absolute Gasteiger partial charge is 1.00 e. The third kappa shape index (κ3) is 104. The van der Waals surface area contributed by atoms with E-state index in [1.165, 1.54) is 0 Å². The summed E-state index contributed by atoms with van der Waals surface area (Å²) in [5, 5.41) is 13.9. The quantitative estimate of drug-likeness (QED) is 0.465. The van der Waals surface area contributed by atoms with Gasteiger partial charge in [-0.25, -0.2) is 4.79 Å². The Morgan fingerprint density at radius 2 is 1.22 bits per heavy atom. The number of hydrogen-bond acceptors (Lipinski definition) is 1.